The molecule has 0 radical (unpaired) electrons. The number of amides is 1. The predicted octanol–water partition coefficient (Wildman–Crippen LogP) is 2.83. The van der Waals surface area contributed by atoms with Crippen LogP contribution in [0.25, 0.3) is 6.08 Å². The van der Waals surface area contributed by atoms with E-state index in [4.69, 9.17) is 21.7 Å². The van der Waals surface area contributed by atoms with Crippen molar-refractivity contribution >= 4 is 29.3 Å². The molecule has 0 bridgehead atoms. The number of thiocarbonyl (C=S) groups is 1. The molecule has 1 aromatic heterocycles. The van der Waals surface area contributed by atoms with Crippen molar-refractivity contribution in [3.8, 4) is 11.5 Å². The highest BCUT2D eigenvalue weighted by molar-refractivity contribution is 7.80. The molecule has 1 aliphatic rings. The molecule has 154 valence electrons. The summed E-state index contributed by atoms with van der Waals surface area (Å²) in [7, 11) is 1.87. The lowest BCUT2D eigenvalue weighted by atomic mass is 10.1. The fourth-order valence-corrected chi connectivity index (χ4v) is 3.36. The fraction of sp³-hybridized carbons (Fsp3) is 0.381. The topological polar surface area (TPSA) is 68.6 Å². The minimum Gasteiger partial charge on any atom is -0.490 e. The van der Waals surface area contributed by atoms with Gasteiger partial charge in [0.05, 0.1) is 18.9 Å². The molecule has 0 aliphatic carbocycles. The van der Waals surface area contributed by atoms with Gasteiger partial charge in [-0.3, -0.25) is 14.4 Å². The van der Waals surface area contributed by atoms with Crippen molar-refractivity contribution in [2.24, 2.45) is 7.05 Å². The molecule has 0 unspecified atom stereocenters. The SMILES string of the molecule is CCOc1ccc(CCN2C(=O)/C(=C\c3cc(C)n(C)n3)NC2=S)cc1OCC. The third-order valence-electron chi connectivity index (χ3n) is 4.62. The third-order valence-corrected chi connectivity index (χ3v) is 4.94. The highest BCUT2D eigenvalue weighted by Gasteiger charge is 2.30. The zero-order valence-electron chi connectivity index (χ0n) is 17.2. The number of aromatic nitrogens is 2. The van der Waals surface area contributed by atoms with Crippen molar-refractivity contribution in [3.05, 3.63) is 46.9 Å². The molecular weight excluding hydrogens is 388 g/mol. The van der Waals surface area contributed by atoms with Crippen LogP contribution in [0.3, 0.4) is 0 Å². The monoisotopic (exact) mass is 414 g/mol. The van der Waals surface area contributed by atoms with Gasteiger partial charge in [-0.1, -0.05) is 6.07 Å². The molecule has 0 spiro atoms. The summed E-state index contributed by atoms with van der Waals surface area (Å²) in [4.78, 5) is 14.3. The first-order chi connectivity index (χ1) is 13.9. The second-order valence-electron chi connectivity index (χ2n) is 6.68. The standard InChI is InChI=1S/C21H26N4O3S/c1-5-27-18-8-7-15(12-19(18)28-6-2)9-10-25-20(26)17(22-21(25)29)13-16-11-14(3)24(4)23-16/h7-8,11-13H,5-6,9-10H2,1-4H3,(H,22,29)/b17-13+. The Morgan fingerprint density at radius 1 is 1.17 bits per heavy atom. The Kier molecular flexibility index (Phi) is 6.53. The number of hydrogen-bond donors (Lipinski definition) is 1. The molecule has 1 fully saturated rings. The first-order valence-electron chi connectivity index (χ1n) is 9.66. The van der Waals surface area contributed by atoms with Gasteiger partial charge >= 0.3 is 0 Å². The first kappa shape index (κ1) is 20.9. The van der Waals surface area contributed by atoms with E-state index >= 15 is 0 Å². The number of hydrogen-bond acceptors (Lipinski definition) is 5. The van der Waals surface area contributed by atoms with Gasteiger partial charge in [-0.25, -0.2) is 0 Å². The van der Waals surface area contributed by atoms with Gasteiger partial charge in [0.15, 0.2) is 16.6 Å². The van der Waals surface area contributed by atoms with Gasteiger partial charge in [-0.15, -0.1) is 0 Å². The normalized spacial score (nSPS) is 15.2. The molecular formula is C21H26N4O3S. The molecule has 3 rings (SSSR count). The van der Waals surface area contributed by atoms with Crippen LogP contribution < -0.4 is 14.8 Å². The van der Waals surface area contributed by atoms with E-state index in [-0.39, 0.29) is 5.91 Å². The number of nitrogens with zero attached hydrogens (tertiary/aromatic N) is 3. The summed E-state index contributed by atoms with van der Waals surface area (Å²) in [5.41, 5.74) is 3.22. The molecule has 7 nitrogen and oxygen atoms in total. The maximum Gasteiger partial charge on any atom is 0.276 e. The third kappa shape index (κ3) is 4.76. The molecule has 1 amide bonds. The molecule has 0 atom stereocenters. The average molecular weight is 415 g/mol. The summed E-state index contributed by atoms with van der Waals surface area (Å²) in [6, 6.07) is 7.76. The summed E-state index contributed by atoms with van der Waals surface area (Å²) < 4.78 is 13.0. The van der Waals surface area contributed by atoms with Gasteiger partial charge in [0.1, 0.15) is 5.70 Å². The van der Waals surface area contributed by atoms with Crippen molar-refractivity contribution in [1.29, 1.82) is 0 Å². The zero-order chi connectivity index (χ0) is 21.0. The molecule has 1 N–H and O–H groups in total. The van der Waals surface area contributed by atoms with E-state index in [1.54, 1.807) is 15.7 Å². The van der Waals surface area contributed by atoms with Crippen LogP contribution in [0, 0.1) is 6.92 Å². The molecule has 1 saturated heterocycles. The van der Waals surface area contributed by atoms with Crippen LogP contribution in [0.15, 0.2) is 30.0 Å². The molecule has 2 heterocycles. The van der Waals surface area contributed by atoms with Crippen LogP contribution in [0.4, 0.5) is 0 Å². The summed E-state index contributed by atoms with van der Waals surface area (Å²) in [5, 5.41) is 7.77. The predicted molar refractivity (Wildman–Crippen MR) is 116 cm³/mol. The number of nitrogens with one attached hydrogen (secondary N) is 1. The van der Waals surface area contributed by atoms with Crippen LogP contribution in [-0.2, 0) is 18.3 Å². The molecule has 1 aromatic carbocycles. The van der Waals surface area contributed by atoms with Gasteiger partial charge in [-0.05, 0) is 69.2 Å². The average Bonchev–Trinajstić information content (AvgIpc) is 3.13. The smallest absolute Gasteiger partial charge is 0.276 e. The second kappa shape index (κ2) is 9.09. The highest BCUT2D eigenvalue weighted by Crippen LogP contribution is 2.29. The minimum absolute atomic E-state index is 0.144. The number of carbonyl (C=O) groups excluding carboxylic acids is 1. The summed E-state index contributed by atoms with van der Waals surface area (Å²) in [6.07, 6.45) is 2.38. The first-order valence-corrected chi connectivity index (χ1v) is 10.1. The lowest BCUT2D eigenvalue weighted by Crippen LogP contribution is -2.32. The van der Waals surface area contributed by atoms with Crippen LogP contribution in [0.5, 0.6) is 11.5 Å². The number of carbonyl (C=O) groups is 1. The van der Waals surface area contributed by atoms with Crippen LogP contribution in [-0.4, -0.2) is 45.5 Å². The van der Waals surface area contributed by atoms with E-state index in [2.05, 4.69) is 10.4 Å². The van der Waals surface area contributed by atoms with Crippen LogP contribution in [0.2, 0.25) is 0 Å². The van der Waals surface area contributed by atoms with Crippen LogP contribution in [0.1, 0.15) is 30.8 Å². The minimum atomic E-state index is -0.144. The zero-order valence-corrected chi connectivity index (χ0v) is 18.0. The lowest BCUT2D eigenvalue weighted by Gasteiger charge is -2.15. The Balaban J connectivity index is 1.70. The summed E-state index contributed by atoms with van der Waals surface area (Å²) in [5.74, 6) is 1.30. The van der Waals surface area contributed by atoms with Crippen molar-refractivity contribution in [2.45, 2.75) is 27.2 Å². The van der Waals surface area contributed by atoms with E-state index in [1.807, 2.05) is 52.1 Å². The van der Waals surface area contributed by atoms with Crippen molar-refractivity contribution in [2.75, 3.05) is 19.8 Å². The van der Waals surface area contributed by atoms with Gasteiger partial charge in [0.25, 0.3) is 5.91 Å². The van der Waals surface area contributed by atoms with E-state index in [0.29, 0.717) is 42.7 Å². The number of benzene rings is 1. The van der Waals surface area contributed by atoms with Gasteiger partial charge in [0.2, 0.25) is 0 Å². The Labute approximate surface area is 176 Å². The largest absolute Gasteiger partial charge is 0.490 e. The number of rotatable bonds is 8. The van der Waals surface area contributed by atoms with E-state index in [9.17, 15) is 4.79 Å². The number of ether oxygens (including phenoxy) is 2. The van der Waals surface area contributed by atoms with Crippen LogP contribution >= 0.6 is 12.2 Å². The van der Waals surface area contributed by atoms with Gasteiger partial charge in [-0.2, -0.15) is 5.10 Å². The Morgan fingerprint density at radius 3 is 2.55 bits per heavy atom. The Hall–Kier alpha value is -2.87. The maximum absolute atomic E-state index is 12.8. The Bertz CT molecular complexity index is 932. The van der Waals surface area contributed by atoms with Crippen molar-refractivity contribution in [3.63, 3.8) is 0 Å². The Morgan fingerprint density at radius 2 is 1.90 bits per heavy atom. The van der Waals surface area contributed by atoms with Gasteiger partial charge in [0, 0.05) is 19.3 Å². The highest BCUT2D eigenvalue weighted by atomic mass is 32.1. The fourth-order valence-electron chi connectivity index (χ4n) is 3.07. The molecule has 0 saturated carbocycles. The molecule has 1 aliphatic heterocycles. The molecule has 8 heteroatoms. The summed E-state index contributed by atoms with van der Waals surface area (Å²) in [6.45, 7) is 7.45. The second-order valence-corrected chi connectivity index (χ2v) is 7.06. The molecule has 29 heavy (non-hydrogen) atoms. The van der Waals surface area contributed by atoms with Crippen molar-refractivity contribution in [1.82, 2.24) is 20.0 Å². The molecule has 2 aromatic rings. The summed E-state index contributed by atoms with van der Waals surface area (Å²) >= 11 is 5.36. The van der Waals surface area contributed by atoms with Crippen molar-refractivity contribution < 1.29 is 14.3 Å². The van der Waals surface area contributed by atoms with Gasteiger partial charge < -0.3 is 14.8 Å². The van der Waals surface area contributed by atoms with E-state index in [1.165, 1.54) is 0 Å². The van der Waals surface area contributed by atoms with E-state index in [0.717, 1.165) is 22.7 Å². The maximum atomic E-state index is 12.8. The lowest BCUT2D eigenvalue weighted by molar-refractivity contribution is -0.122. The van der Waals surface area contributed by atoms with E-state index < -0.39 is 0 Å². The number of aryl methyl sites for hydroxylation is 2. The quantitative estimate of drug-likeness (QED) is 0.529.